The number of benzene rings is 1. The van der Waals surface area contributed by atoms with E-state index in [1.807, 2.05) is 0 Å². The zero-order valence-corrected chi connectivity index (χ0v) is 16.0. The maximum atomic E-state index is 12.7. The lowest BCUT2D eigenvalue weighted by molar-refractivity contribution is 0.0903. The first-order valence-electron chi connectivity index (χ1n) is 10.5. The van der Waals surface area contributed by atoms with Gasteiger partial charge < -0.3 is 4.90 Å². The summed E-state index contributed by atoms with van der Waals surface area (Å²) in [6.07, 6.45) is 13.8. The van der Waals surface area contributed by atoms with Gasteiger partial charge in [0.25, 0.3) is 0 Å². The molecule has 0 atom stereocenters. The van der Waals surface area contributed by atoms with Crippen LogP contribution in [-0.2, 0) is 0 Å². The van der Waals surface area contributed by atoms with Gasteiger partial charge in [0, 0.05) is 19.5 Å². The Bertz CT molecular complexity index is 769. The minimum Gasteiger partial charge on any atom is -0.370 e. The van der Waals surface area contributed by atoms with Gasteiger partial charge in [0.05, 0.1) is 11.2 Å². The summed E-state index contributed by atoms with van der Waals surface area (Å²) in [5.74, 6) is 1.19. The fourth-order valence-electron chi connectivity index (χ4n) is 4.22. The molecule has 0 N–H and O–H groups in total. The van der Waals surface area contributed by atoms with Crippen molar-refractivity contribution in [3.8, 4) is 0 Å². The zero-order valence-electron chi connectivity index (χ0n) is 16.0. The lowest BCUT2D eigenvalue weighted by Gasteiger charge is -2.29. The smallest absolute Gasteiger partial charge is 0.232 e. The van der Waals surface area contributed by atoms with Crippen LogP contribution in [0.1, 0.15) is 74.6 Å². The molecular formula is C22H31N3O. The second-order valence-corrected chi connectivity index (χ2v) is 8.25. The molecule has 2 heterocycles. The van der Waals surface area contributed by atoms with Gasteiger partial charge in [0.2, 0.25) is 5.91 Å². The minimum absolute atomic E-state index is 0.189. The van der Waals surface area contributed by atoms with Gasteiger partial charge in [0.1, 0.15) is 11.8 Å². The summed E-state index contributed by atoms with van der Waals surface area (Å²) in [5.41, 5.74) is 4.38. The Hall–Kier alpha value is -1.84. The minimum atomic E-state index is 0.189. The third-order valence-electron chi connectivity index (χ3n) is 5.94. The van der Waals surface area contributed by atoms with E-state index in [1.165, 1.54) is 62.6 Å². The SMILES string of the molecule is Cc1cc(N2CCCCC2)c2ncn(C(=O)CCCCCC3CC3)c2c1. The first-order valence-corrected chi connectivity index (χ1v) is 10.5. The molecule has 140 valence electrons. The highest BCUT2D eigenvalue weighted by Crippen LogP contribution is 2.34. The van der Waals surface area contributed by atoms with E-state index < -0.39 is 0 Å². The van der Waals surface area contributed by atoms with Crippen LogP contribution in [0.5, 0.6) is 0 Å². The molecule has 1 aromatic heterocycles. The van der Waals surface area contributed by atoms with E-state index in [1.54, 1.807) is 10.9 Å². The zero-order chi connectivity index (χ0) is 17.9. The van der Waals surface area contributed by atoms with Crippen molar-refractivity contribution in [2.75, 3.05) is 18.0 Å². The number of imidazole rings is 1. The van der Waals surface area contributed by atoms with Crippen LogP contribution >= 0.6 is 0 Å². The lowest BCUT2D eigenvalue weighted by Crippen LogP contribution is -2.29. The summed E-state index contributed by atoms with van der Waals surface area (Å²) in [6, 6.07) is 4.34. The van der Waals surface area contributed by atoms with E-state index in [0.717, 1.165) is 36.5 Å². The van der Waals surface area contributed by atoms with Crippen molar-refractivity contribution in [2.24, 2.45) is 5.92 Å². The van der Waals surface area contributed by atoms with Gasteiger partial charge in [-0.15, -0.1) is 0 Å². The molecule has 26 heavy (non-hydrogen) atoms. The number of hydrogen-bond acceptors (Lipinski definition) is 3. The van der Waals surface area contributed by atoms with Crippen molar-refractivity contribution in [3.63, 3.8) is 0 Å². The average Bonchev–Trinajstić information content (AvgIpc) is 3.38. The number of anilines is 1. The molecule has 0 unspecified atom stereocenters. The van der Waals surface area contributed by atoms with Crippen LogP contribution in [0.25, 0.3) is 11.0 Å². The Balaban J connectivity index is 1.46. The fraction of sp³-hybridized carbons (Fsp3) is 0.636. The number of piperidine rings is 1. The monoisotopic (exact) mass is 353 g/mol. The van der Waals surface area contributed by atoms with Gasteiger partial charge in [-0.05, 0) is 56.2 Å². The average molecular weight is 354 g/mol. The summed E-state index contributed by atoms with van der Waals surface area (Å²) in [4.78, 5) is 19.8. The molecule has 1 aliphatic heterocycles. The molecule has 4 heteroatoms. The van der Waals surface area contributed by atoms with Crippen molar-refractivity contribution in [2.45, 2.75) is 71.1 Å². The van der Waals surface area contributed by atoms with E-state index in [9.17, 15) is 4.79 Å². The Kier molecular flexibility index (Phi) is 5.28. The molecule has 2 aromatic rings. The van der Waals surface area contributed by atoms with Crippen molar-refractivity contribution >= 4 is 22.6 Å². The molecule has 4 nitrogen and oxygen atoms in total. The van der Waals surface area contributed by atoms with E-state index in [0.29, 0.717) is 6.42 Å². The predicted octanol–water partition coefficient (Wildman–Crippen LogP) is 5.34. The highest BCUT2D eigenvalue weighted by atomic mass is 16.2. The molecule has 0 radical (unpaired) electrons. The summed E-state index contributed by atoms with van der Waals surface area (Å²) in [7, 11) is 0. The molecule has 1 aromatic carbocycles. The van der Waals surface area contributed by atoms with E-state index in [4.69, 9.17) is 0 Å². The van der Waals surface area contributed by atoms with Crippen LogP contribution in [0.3, 0.4) is 0 Å². The van der Waals surface area contributed by atoms with Crippen molar-refractivity contribution in [1.29, 1.82) is 0 Å². The molecule has 0 spiro atoms. The normalized spacial score (nSPS) is 17.8. The number of hydrogen-bond donors (Lipinski definition) is 0. The number of carbonyl (C=O) groups is 1. The van der Waals surface area contributed by atoms with Crippen LogP contribution in [0.15, 0.2) is 18.5 Å². The second-order valence-electron chi connectivity index (χ2n) is 8.25. The van der Waals surface area contributed by atoms with Crippen LogP contribution in [0, 0.1) is 12.8 Å². The van der Waals surface area contributed by atoms with Crippen molar-refractivity contribution in [3.05, 3.63) is 24.0 Å². The van der Waals surface area contributed by atoms with Crippen molar-refractivity contribution in [1.82, 2.24) is 9.55 Å². The predicted molar refractivity (Wildman–Crippen MR) is 107 cm³/mol. The Morgan fingerprint density at radius 1 is 1.12 bits per heavy atom. The number of aromatic nitrogens is 2. The summed E-state index contributed by atoms with van der Waals surface area (Å²) >= 11 is 0. The van der Waals surface area contributed by atoms with Gasteiger partial charge in [0.15, 0.2) is 0 Å². The van der Waals surface area contributed by atoms with Gasteiger partial charge in [-0.1, -0.05) is 32.1 Å². The van der Waals surface area contributed by atoms with Gasteiger partial charge in [-0.3, -0.25) is 9.36 Å². The van der Waals surface area contributed by atoms with Gasteiger partial charge >= 0.3 is 0 Å². The van der Waals surface area contributed by atoms with Gasteiger partial charge in [-0.25, -0.2) is 4.98 Å². The van der Waals surface area contributed by atoms with Crippen LogP contribution < -0.4 is 4.90 Å². The fourth-order valence-corrected chi connectivity index (χ4v) is 4.22. The standard InChI is InChI=1S/C22H31N3O/c1-17-14-19(24-12-6-3-7-13-24)22-20(15-17)25(16-23-22)21(26)9-5-2-4-8-18-10-11-18/h14-16,18H,2-13H2,1H3. The molecule has 1 aliphatic carbocycles. The van der Waals surface area contributed by atoms with Crippen LogP contribution in [0.2, 0.25) is 0 Å². The molecule has 0 bridgehead atoms. The quantitative estimate of drug-likeness (QED) is 0.631. The Morgan fingerprint density at radius 3 is 2.69 bits per heavy atom. The maximum Gasteiger partial charge on any atom is 0.232 e. The van der Waals surface area contributed by atoms with Crippen LogP contribution in [-0.4, -0.2) is 28.5 Å². The molecule has 0 amide bonds. The number of carbonyl (C=O) groups excluding carboxylic acids is 1. The van der Waals surface area contributed by atoms with E-state index in [2.05, 4.69) is 28.9 Å². The third-order valence-corrected chi connectivity index (χ3v) is 5.94. The molecule has 2 fully saturated rings. The number of unbranched alkanes of at least 4 members (excludes halogenated alkanes) is 2. The molecule has 2 aliphatic rings. The molecule has 1 saturated carbocycles. The largest absolute Gasteiger partial charge is 0.370 e. The molecular weight excluding hydrogens is 322 g/mol. The molecule has 4 rings (SSSR count). The first-order chi connectivity index (χ1) is 12.7. The topological polar surface area (TPSA) is 38.1 Å². The Morgan fingerprint density at radius 2 is 1.92 bits per heavy atom. The number of aryl methyl sites for hydroxylation is 1. The van der Waals surface area contributed by atoms with Crippen molar-refractivity contribution < 1.29 is 4.79 Å². The highest BCUT2D eigenvalue weighted by Gasteiger charge is 2.21. The maximum absolute atomic E-state index is 12.7. The number of fused-ring (bicyclic) bond motifs is 1. The summed E-state index contributed by atoms with van der Waals surface area (Å²) in [6.45, 7) is 4.31. The second kappa shape index (κ2) is 7.81. The van der Waals surface area contributed by atoms with Gasteiger partial charge in [-0.2, -0.15) is 0 Å². The third kappa shape index (κ3) is 3.94. The van der Waals surface area contributed by atoms with E-state index in [-0.39, 0.29) is 5.91 Å². The highest BCUT2D eigenvalue weighted by molar-refractivity contribution is 5.96. The van der Waals surface area contributed by atoms with Crippen LogP contribution in [0.4, 0.5) is 5.69 Å². The molecule has 1 saturated heterocycles. The summed E-state index contributed by atoms with van der Waals surface area (Å²) in [5, 5.41) is 0. The summed E-state index contributed by atoms with van der Waals surface area (Å²) < 4.78 is 1.79. The van der Waals surface area contributed by atoms with E-state index >= 15 is 0 Å². The lowest BCUT2D eigenvalue weighted by atomic mass is 10.1. The number of rotatable bonds is 7. The number of nitrogens with zero attached hydrogens (tertiary/aromatic N) is 3. The Labute approximate surface area is 156 Å². The first kappa shape index (κ1) is 17.6.